The fraction of sp³-hybridized carbons (Fsp3) is 0.0714. The number of hydrogen-bond acceptors (Lipinski definition) is 1. The molecule has 0 unspecified atom stereocenters. The molecule has 2 nitrogen and oxygen atoms in total. The summed E-state index contributed by atoms with van der Waals surface area (Å²) < 4.78 is 14.7. The molecule has 2 rings (SSSR count). The van der Waals surface area contributed by atoms with Gasteiger partial charge in [-0.3, -0.25) is 4.79 Å². The van der Waals surface area contributed by atoms with Crippen molar-refractivity contribution in [1.29, 1.82) is 0 Å². The molecule has 0 saturated heterocycles. The van der Waals surface area contributed by atoms with Crippen LogP contribution in [0.2, 0.25) is 0 Å². The smallest absolute Gasteiger partial charge is 0.248 e. The topological polar surface area (TPSA) is 43.1 Å². The number of primary amides is 1. The van der Waals surface area contributed by atoms with E-state index in [-0.39, 0.29) is 5.82 Å². The van der Waals surface area contributed by atoms with Crippen LogP contribution in [0.25, 0.3) is 11.1 Å². The molecule has 0 aliphatic carbocycles. The lowest BCUT2D eigenvalue weighted by molar-refractivity contribution is 0.100. The average molecular weight is 308 g/mol. The monoisotopic (exact) mass is 307 g/mol. The number of aryl methyl sites for hydroxylation is 1. The predicted molar refractivity (Wildman–Crippen MR) is 72.8 cm³/mol. The fourth-order valence-electron chi connectivity index (χ4n) is 1.76. The Labute approximate surface area is 113 Å². The van der Waals surface area contributed by atoms with Gasteiger partial charge in [0.25, 0.3) is 0 Å². The van der Waals surface area contributed by atoms with Gasteiger partial charge in [-0.05, 0) is 36.2 Å². The molecule has 0 saturated carbocycles. The third-order valence-corrected chi connectivity index (χ3v) is 3.14. The SMILES string of the molecule is Cc1cccc(-c2cc(Br)cc(C(N)=O)c2)c1F. The molecule has 0 aromatic heterocycles. The van der Waals surface area contributed by atoms with Crippen molar-refractivity contribution in [2.45, 2.75) is 6.92 Å². The third-order valence-electron chi connectivity index (χ3n) is 2.69. The van der Waals surface area contributed by atoms with Crippen LogP contribution < -0.4 is 5.73 Å². The number of nitrogens with two attached hydrogens (primary N) is 1. The van der Waals surface area contributed by atoms with Crippen molar-refractivity contribution in [2.24, 2.45) is 5.73 Å². The van der Waals surface area contributed by atoms with Crippen LogP contribution in [0.1, 0.15) is 15.9 Å². The second-order valence-corrected chi connectivity index (χ2v) is 4.94. The van der Waals surface area contributed by atoms with E-state index in [1.807, 2.05) is 0 Å². The third kappa shape index (κ3) is 2.43. The summed E-state index contributed by atoms with van der Waals surface area (Å²) >= 11 is 3.29. The van der Waals surface area contributed by atoms with Crippen molar-refractivity contribution in [3.05, 3.63) is 57.8 Å². The van der Waals surface area contributed by atoms with Crippen molar-refractivity contribution in [2.75, 3.05) is 0 Å². The Bertz CT molecular complexity index is 625. The number of halogens is 2. The Kier molecular flexibility index (Phi) is 3.48. The van der Waals surface area contributed by atoms with E-state index in [0.717, 1.165) is 0 Å². The van der Waals surface area contributed by atoms with Gasteiger partial charge in [0.2, 0.25) is 5.91 Å². The van der Waals surface area contributed by atoms with Gasteiger partial charge in [-0.25, -0.2) is 4.39 Å². The number of rotatable bonds is 2. The first-order chi connectivity index (χ1) is 8.49. The number of carbonyl (C=O) groups is 1. The zero-order chi connectivity index (χ0) is 13.3. The van der Waals surface area contributed by atoms with E-state index in [2.05, 4.69) is 15.9 Å². The van der Waals surface area contributed by atoms with Crippen molar-refractivity contribution in [3.63, 3.8) is 0 Å². The molecule has 0 heterocycles. The minimum Gasteiger partial charge on any atom is -0.366 e. The van der Waals surface area contributed by atoms with E-state index in [9.17, 15) is 9.18 Å². The Hall–Kier alpha value is -1.68. The fourth-order valence-corrected chi connectivity index (χ4v) is 2.25. The summed E-state index contributed by atoms with van der Waals surface area (Å²) in [6.07, 6.45) is 0. The van der Waals surface area contributed by atoms with E-state index >= 15 is 0 Å². The lowest BCUT2D eigenvalue weighted by atomic mass is 10.0. The predicted octanol–water partition coefficient (Wildman–Crippen LogP) is 3.66. The minimum atomic E-state index is -0.536. The standard InChI is InChI=1S/C14H11BrFNO/c1-8-3-2-4-12(13(8)16)9-5-10(14(17)18)7-11(15)6-9/h2-7H,1H3,(H2,17,18). The van der Waals surface area contributed by atoms with E-state index in [0.29, 0.717) is 26.7 Å². The number of amides is 1. The largest absolute Gasteiger partial charge is 0.366 e. The van der Waals surface area contributed by atoms with E-state index < -0.39 is 5.91 Å². The van der Waals surface area contributed by atoms with Crippen molar-refractivity contribution < 1.29 is 9.18 Å². The zero-order valence-electron chi connectivity index (χ0n) is 9.71. The Morgan fingerprint density at radius 2 is 2.00 bits per heavy atom. The second kappa shape index (κ2) is 4.90. The summed E-state index contributed by atoms with van der Waals surface area (Å²) in [4.78, 5) is 11.2. The maximum Gasteiger partial charge on any atom is 0.248 e. The number of carbonyl (C=O) groups excluding carboxylic acids is 1. The van der Waals surface area contributed by atoms with Crippen molar-refractivity contribution in [3.8, 4) is 11.1 Å². The summed E-state index contributed by atoms with van der Waals surface area (Å²) in [7, 11) is 0. The van der Waals surface area contributed by atoms with Crippen LogP contribution in [0.15, 0.2) is 40.9 Å². The molecule has 4 heteroatoms. The molecule has 0 bridgehead atoms. The normalized spacial score (nSPS) is 10.4. The molecule has 2 aromatic carbocycles. The van der Waals surface area contributed by atoms with Gasteiger partial charge in [-0.2, -0.15) is 0 Å². The molecule has 0 fully saturated rings. The second-order valence-electron chi connectivity index (χ2n) is 4.03. The molecule has 92 valence electrons. The summed E-state index contributed by atoms with van der Waals surface area (Å²) in [5.74, 6) is -0.823. The molecular formula is C14H11BrFNO. The Morgan fingerprint density at radius 1 is 1.28 bits per heavy atom. The Balaban J connectivity index is 2.64. The molecule has 0 atom stereocenters. The molecule has 1 amide bonds. The first-order valence-electron chi connectivity index (χ1n) is 5.35. The van der Waals surface area contributed by atoms with Crippen LogP contribution in [0.3, 0.4) is 0 Å². The summed E-state index contributed by atoms with van der Waals surface area (Å²) in [5.41, 5.74) is 7.24. The van der Waals surface area contributed by atoms with Crippen LogP contribution in [0.4, 0.5) is 4.39 Å². The summed E-state index contributed by atoms with van der Waals surface area (Å²) in [6.45, 7) is 1.70. The van der Waals surface area contributed by atoms with Crippen LogP contribution in [-0.4, -0.2) is 5.91 Å². The van der Waals surface area contributed by atoms with Gasteiger partial charge in [0.1, 0.15) is 5.82 Å². The van der Waals surface area contributed by atoms with E-state index in [1.165, 1.54) is 0 Å². The van der Waals surface area contributed by atoms with Crippen LogP contribution in [0.5, 0.6) is 0 Å². The number of hydrogen-bond donors (Lipinski definition) is 1. The molecule has 18 heavy (non-hydrogen) atoms. The molecule has 0 aliphatic rings. The molecule has 2 aromatic rings. The minimum absolute atomic E-state index is 0.286. The first-order valence-corrected chi connectivity index (χ1v) is 6.14. The molecular weight excluding hydrogens is 297 g/mol. The zero-order valence-corrected chi connectivity index (χ0v) is 11.3. The average Bonchev–Trinajstić information content (AvgIpc) is 2.31. The lowest BCUT2D eigenvalue weighted by Gasteiger charge is -2.08. The van der Waals surface area contributed by atoms with Gasteiger partial charge >= 0.3 is 0 Å². The summed E-state index contributed by atoms with van der Waals surface area (Å²) in [6, 6.07) is 10.1. The summed E-state index contributed by atoms with van der Waals surface area (Å²) in [5, 5.41) is 0. The Morgan fingerprint density at radius 3 is 2.67 bits per heavy atom. The highest BCUT2D eigenvalue weighted by Crippen LogP contribution is 2.28. The van der Waals surface area contributed by atoms with Crippen LogP contribution in [0, 0.1) is 12.7 Å². The van der Waals surface area contributed by atoms with Crippen molar-refractivity contribution >= 4 is 21.8 Å². The number of benzene rings is 2. The van der Waals surface area contributed by atoms with Gasteiger partial charge in [-0.1, -0.05) is 34.1 Å². The van der Waals surface area contributed by atoms with Crippen LogP contribution in [-0.2, 0) is 0 Å². The highest BCUT2D eigenvalue weighted by molar-refractivity contribution is 9.10. The highest BCUT2D eigenvalue weighted by Gasteiger charge is 2.10. The first kappa shape index (κ1) is 12.8. The maximum absolute atomic E-state index is 14.0. The molecule has 0 radical (unpaired) electrons. The molecule has 0 spiro atoms. The van der Waals surface area contributed by atoms with E-state index in [1.54, 1.807) is 43.3 Å². The lowest BCUT2D eigenvalue weighted by Crippen LogP contribution is -2.10. The van der Waals surface area contributed by atoms with Gasteiger partial charge in [0.15, 0.2) is 0 Å². The molecule has 0 aliphatic heterocycles. The van der Waals surface area contributed by atoms with E-state index in [4.69, 9.17) is 5.73 Å². The van der Waals surface area contributed by atoms with Gasteiger partial charge in [0.05, 0.1) is 0 Å². The quantitative estimate of drug-likeness (QED) is 0.904. The van der Waals surface area contributed by atoms with Crippen LogP contribution >= 0.6 is 15.9 Å². The highest BCUT2D eigenvalue weighted by atomic mass is 79.9. The maximum atomic E-state index is 14.0. The van der Waals surface area contributed by atoms with Gasteiger partial charge in [-0.15, -0.1) is 0 Å². The van der Waals surface area contributed by atoms with Crippen molar-refractivity contribution in [1.82, 2.24) is 0 Å². The molecule has 2 N–H and O–H groups in total. The van der Waals surface area contributed by atoms with Gasteiger partial charge in [0, 0.05) is 15.6 Å². The van der Waals surface area contributed by atoms with Gasteiger partial charge < -0.3 is 5.73 Å².